The zero-order valence-corrected chi connectivity index (χ0v) is 19.9. The number of amides is 1. The molecule has 3 N–H and O–H groups in total. The molecule has 4 atom stereocenters. The van der Waals surface area contributed by atoms with Crippen LogP contribution >= 0.6 is 0 Å². The molecule has 33 heavy (non-hydrogen) atoms. The Labute approximate surface area is 195 Å². The summed E-state index contributed by atoms with van der Waals surface area (Å²) in [4.78, 5) is 24.2. The van der Waals surface area contributed by atoms with Crippen LogP contribution in [-0.2, 0) is 25.6 Å². The maximum atomic E-state index is 12.9. The third kappa shape index (κ3) is 9.29. The highest BCUT2D eigenvalue weighted by Gasteiger charge is 2.34. The Kier molecular flexibility index (Phi) is 11.1. The van der Waals surface area contributed by atoms with E-state index in [1.165, 1.54) is 0 Å². The van der Waals surface area contributed by atoms with E-state index in [-0.39, 0.29) is 36.2 Å². The highest BCUT2D eigenvalue weighted by molar-refractivity contribution is 5.97. The van der Waals surface area contributed by atoms with Crippen molar-refractivity contribution in [2.75, 3.05) is 20.3 Å². The van der Waals surface area contributed by atoms with Gasteiger partial charge >= 0.3 is 5.97 Å². The number of carbonyl (C=O) groups excluding carboxylic acids is 1. The Morgan fingerprint density at radius 1 is 1.21 bits per heavy atom. The van der Waals surface area contributed by atoms with Gasteiger partial charge in [0.2, 0.25) is 6.29 Å². The summed E-state index contributed by atoms with van der Waals surface area (Å²) in [6.07, 6.45) is -1.25. The summed E-state index contributed by atoms with van der Waals surface area (Å²) in [5, 5.41) is 22.1. The minimum absolute atomic E-state index is 0.00721. The van der Waals surface area contributed by atoms with Gasteiger partial charge in [0, 0.05) is 33.1 Å². The molecule has 1 fully saturated rings. The molecular formula is C24H37NO8. The Bertz CT molecular complexity index is 769. The SMILES string of the molecule is COCc1ccc(OC2CC(O)CC(C(=O)O)O2)c(C(=O)NCCC(C)OCCC(C)C)c1. The first-order valence-corrected chi connectivity index (χ1v) is 11.4. The van der Waals surface area contributed by atoms with Crippen LogP contribution in [0.4, 0.5) is 0 Å². The quantitative estimate of drug-likeness (QED) is 0.405. The third-order valence-corrected chi connectivity index (χ3v) is 5.33. The zero-order valence-electron chi connectivity index (χ0n) is 19.9. The topological polar surface area (TPSA) is 124 Å². The maximum absolute atomic E-state index is 12.9. The minimum atomic E-state index is -1.17. The molecule has 1 saturated heterocycles. The summed E-state index contributed by atoms with van der Waals surface area (Å²) in [7, 11) is 1.56. The van der Waals surface area contributed by atoms with Gasteiger partial charge in [-0.3, -0.25) is 4.79 Å². The summed E-state index contributed by atoms with van der Waals surface area (Å²) >= 11 is 0. The molecule has 9 nitrogen and oxygen atoms in total. The summed E-state index contributed by atoms with van der Waals surface area (Å²) in [5.74, 6) is -0.671. The second-order valence-electron chi connectivity index (χ2n) is 8.81. The largest absolute Gasteiger partial charge is 0.479 e. The molecule has 4 unspecified atom stereocenters. The van der Waals surface area contributed by atoms with E-state index in [2.05, 4.69) is 19.2 Å². The van der Waals surface area contributed by atoms with Crippen molar-refractivity contribution >= 4 is 11.9 Å². The van der Waals surface area contributed by atoms with Gasteiger partial charge in [-0.1, -0.05) is 19.9 Å². The lowest BCUT2D eigenvalue weighted by Gasteiger charge is -2.31. The number of hydrogen-bond donors (Lipinski definition) is 3. The van der Waals surface area contributed by atoms with Crippen molar-refractivity contribution in [3.63, 3.8) is 0 Å². The van der Waals surface area contributed by atoms with Crippen molar-refractivity contribution in [2.24, 2.45) is 5.92 Å². The van der Waals surface area contributed by atoms with Crippen molar-refractivity contribution in [2.45, 2.75) is 77.7 Å². The third-order valence-electron chi connectivity index (χ3n) is 5.33. The van der Waals surface area contributed by atoms with E-state index < -0.39 is 24.5 Å². The summed E-state index contributed by atoms with van der Waals surface area (Å²) < 4.78 is 22.2. The molecule has 1 heterocycles. The number of hydrogen-bond acceptors (Lipinski definition) is 7. The van der Waals surface area contributed by atoms with E-state index in [9.17, 15) is 19.8 Å². The first-order valence-electron chi connectivity index (χ1n) is 11.4. The van der Waals surface area contributed by atoms with Crippen LogP contribution in [0.2, 0.25) is 0 Å². The Morgan fingerprint density at radius 3 is 2.64 bits per heavy atom. The number of rotatable bonds is 13. The summed E-state index contributed by atoms with van der Waals surface area (Å²) in [6.45, 7) is 7.70. The minimum Gasteiger partial charge on any atom is -0.479 e. The first kappa shape index (κ1) is 27.0. The lowest BCUT2D eigenvalue weighted by Crippen LogP contribution is -2.42. The van der Waals surface area contributed by atoms with Gasteiger partial charge in [-0.2, -0.15) is 0 Å². The molecule has 186 valence electrons. The van der Waals surface area contributed by atoms with Gasteiger partial charge in [0.15, 0.2) is 6.10 Å². The van der Waals surface area contributed by atoms with Crippen LogP contribution in [0.15, 0.2) is 18.2 Å². The van der Waals surface area contributed by atoms with Gasteiger partial charge in [0.1, 0.15) is 5.75 Å². The second kappa shape index (κ2) is 13.5. The van der Waals surface area contributed by atoms with E-state index in [0.29, 0.717) is 32.1 Å². The van der Waals surface area contributed by atoms with Crippen LogP contribution in [0.5, 0.6) is 5.75 Å². The molecule has 1 aromatic carbocycles. The molecule has 0 bridgehead atoms. The smallest absolute Gasteiger partial charge is 0.333 e. The van der Waals surface area contributed by atoms with Gasteiger partial charge in [0.25, 0.3) is 5.91 Å². The molecule has 1 aliphatic rings. The second-order valence-corrected chi connectivity index (χ2v) is 8.81. The summed E-state index contributed by atoms with van der Waals surface area (Å²) in [6, 6.07) is 5.06. The van der Waals surface area contributed by atoms with Crippen molar-refractivity contribution in [3.05, 3.63) is 29.3 Å². The molecule has 2 rings (SSSR count). The van der Waals surface area contributed by atoms with E-state index in [4.69, 9.17) is 18.9 Å². The standard InChI is InChI=1S/C24H37NO8/c1-15(2)8-10-31-16(3)7-9-25-23(27)19-11-17(14-30-4)5-6-20(19)32-22-13-18(26)12-21(33-22)24(28)29/h5-6,11,15-16,18,21-22,26H,7-10,12-14H2,1-4H3,(H,25,27)(H,28,29). The number of nitrogens with one attached hydrogen (secondary N) is 1. The van der Waals surface area contributed by atoms with Crippen LogP contribution in [0, 0.1) is 5.92 Å². The molecule has 0 spiro atoms. The van der Waals surface area contributed by atoms with Gasteiger partial charge < -0.3 is 34.5 Å². The molecule has 0 saturated carbocycles. The number of aliphatic hydroxyl groups excluding tert-OH is 1. The number of aliphatic carboxylic acids is 1. The zero-order chi connectivity index (χ0) is 24.4. The Morgan fingerprint density at radius 2 is 1.97 bits per heavy atom. The number of carboxylic acid groups (broad SMARTS) is 1. The lowest BCUT2D eigenvalue weighted by atomic mass is 10.0. The first-order chi connectivity index (χ1) is 15.7. The van der Waals surface area contributed by atoms with E-state index in [1.54, 1.807) is 25.3 Å². The summed E-state index contributed by atoms with van der Waals surface area (Å²) in [5.41, 5.74) is 1.07. The van der Waals surface area contributed by atoms with Gasteiger partial charge in [0.05, 0.1) is 24.4 Å². The van der Waals surface area contributed by atoms with E-state index in [0.717, 1.165) is 12.0 Å². The van der Waals surface area contributed by atoms with Crippen LogP contribution in [0.1, 0.15) is 62.4 Å². The highest BCUT2D eigenvalue weighted by Crippen LogP contribution is 2.27. The molecular weight excluding hydrogens is 430 g/mol. The Balaban J connectivity index is 2.02. The predicted octanol–water partition coefficient (Wildman–Crippen LogP) is 2.73. The molecule has 9 heteroatoms. The van der Waals surface area contributed by atoms with Crippen molar-refractivity contribution in [1.29, 1.82) is 0 Å². The molecule has 1 aromatic rings. The lowest BCUT2D eigenvalue weighted by molar-refractivity contribution is -0.195. The maximum Gasteiger partial charge on any atom is 0.333 e. The predicted molar refractivity (Wildman–Crippen MR) is 121 cm³/mol. The van der Waals surface area contributed by atoms with Crippen molar-refractivity contribution in [1.82, 2.24) is 5.32 Å². The van der Waals surface area contributed by atoms with Gasteiger partial charge in [-0.25, -0.2) is 4.79 Å². The monoisotopic (exact) mass is 467 g/mol. The number of carbonyl (C=O) groups is 2. The van der Waals surface area contributed by atoms with Crippen LogP contribution in [0.25, 0.3) is 0 Å². The molecule has 1 aliphatic heterocycles. The number of aliphatic hydroxyl groups is 1. The fourth-order valence-corrected chi connectivity index (χ4v) is 3.42. The van der Waals surface area contributed by atoms with E-state index in [1.807, 2.05) is 6.92 Å². The van der Waals surface area contributed by atoms with E-state index >= 15 is 0 Å². The fourth-order valence-electron chi connectivity index (χ4n) is 3.42. The average Bonchev–Trinajstić information content (AvgIpc) is 2.74. The molecule has 0 aliphatic carbocycles. The van der Waals surface area contributed by atoms with Gasteiger partial charge in [-0.15, -0.1) is 0 Å². The molecule has 0 aromatic heterocycles. The number of benzene rings is 1. The van der Waals surface area contributed by atoms with Crippen LogP contribution < -0.4 is 10.1 Å². The number of methoxy groups -OCH3 is 1. The van der Waals surface area contributed by atoms with Crippen LogP contribution in [0.3, 0.4) is 0 Å². The average molecular weight is 468 g/mol. The molecule has 1 amide bonds. The van der Waals surface area contributed by atoms with Gasteiger partial charge in [-0.05, 0) is 43.4 Å². The van der Waals surface area contributed by atoms with Crippen molar-refractivity contribution in [3.8, 4) is 5.75 Å². The number of ether oxygens (including phenoxy) is 4. The highest BCUT2D eigenvalue weighted by atomic mass is 16.7. The Hall–Kier alpha value is -2.20. The molecule has 0 radical (unpaired) electrons. The van der Waals surface area contributed by atoms with Crippen LogP contribution in [-0.4, -0.2) is 67.0 Å². The fraction of sp³-hybridized carbons (Fsp3) is 0.667. The number of carboxylic acids is 1. The van der Waals surface area contributed by atoms with Crippen molar-refractivity contribution < 1.29 is 38.7 Å². The normalized spacial score (nSPS) is 21.6.